The van der Waals surface area contributed by atoms with Crippen LogP contribution in [0.5, 0.6) is 5.75 Å². The molecule has 0 bridgehead atoms. The Morgan fingerprint density at radius 2 is 1.86 bits per heavy atom. The molecule has 1 aliphatic rings. The van der Waals surface area contributed by atoms with Gasteiger partial charge < -0.3 is 9.64 Å². The van der Waals surface area contributed by atoms with Gasteiger partial charge in [0.05, 0.1) is 29.3 Å². The number of halogens is 3. The molecule has 0 saturated heterocycles. The monoisotopic (exact) mass is 586 g/mol. The molecule has 5 heterocycles. The lowest BCUT2D eigenvalue weighted by Crippen LogP contribution is -2.35. The molecule has 6 rings (SSSR count). The molecule has 4 aromatic heterocycles. The number of hydrogen-bond acceptors (Lipinski definition) is 6. The maximum Gasteiger partial charge on any atom is 0.246 e. The third kappa shape index (κ3) is 5.02. The Hall–Kier alpha value is -4.57. The second-order valence-electron chi connectivity index (χ2n) is 10.2. The largest absolute Gasteiger partial charge is 0.490 e. The number of fused-ring (bicyclic) bond motifs is 2. The maximum atomic E-state index is 15.8. The molecule has 1 amide bonds. The minimum atomic E-state index is -0.808. The van der Waals surface area contributed by atoms with E-state index in [1.165, 1.54) is 29.7 Å². The van der Waals surface area contributed by atoms with Gasteiger partial charge in [0.25, 0.3) is 0 Å². The summed E-state index contributed by atoms with van der Waals surface area (Å²) >= 11 is 1.35. The molecule has 5 aromatic rings. The molecule has 0 spiro atoms. The number of thiophene rings is 1. The van der Waals surface area contributed by atoms with Gasteiger partial charge in [0.15, 0.2) is 0 Å². The van der Waals surface area contributed by atoms with Gasteiger partial charge in [0.2, 0.25) is 5.91 Å². The summed E-state index contributed by atoms with van der Waals surface area (Å²) in [5.41, 5.74) is 3.92. The molecule has 1 aliphatic heterocycles. The fourth-order valence-electron chi connectivity index (χ4n) is 5.24. The van der Waals surface area contributed by atoms with E-state index in [2.05, 4.69) is 16.5 Å². The van der Waals surface area contributed by atoms with E-state index >= 15 is 4.39 Å². The van der Waals surface area contributed by atoms with Crippen molar-refractivity contribution in [1.82, 2.24) is 19.9 Å². The first-order valence-corrected chi connectivity index (χ1v) is 14.2. The number of pyridine rings is 3. The van der Waals surface area contributed by atoms with Gasteiger partial charge in [-0.1, -0.05) is 6.58 Å². The van der Waals surface area contributed by atoms with E-state index in [9.17, 15) is 13.6 Å². The number of nitrogens with zero attached hydrogens (tertiary/aromatic N) is 4. The van der Waals surface area contributed by atoms with Crippen LogP contribution in [0, 0.1) is 17.5 Å². The van der Waals surface area contributed by atoms with Crippen molar-refractivity contribution in [3.05, 3.63) is 95.7 Å². The molecule has 10 heteroatoms. The second-order valence-corrected chi connectivity index (χ2v) is 11.1. The van der Waals surface area contributed by atoms with E-state index in [0.29, 0.717) is 57.7 Å². The Morgan fingerprint density at radius 1 is 1.05 bits per heavy atom. The Labute approximate surface area is 244 Å². The van der Waals surface area contributed by atoms with Gasteiger partial charge in [-0.2, -0.15) is 0 Å². The van der Waals surface area contributed by atoms with Crippen molar-refractivity contribution in [3.63, 3.8) is 0 Å². The van der Waals surface area contributed by atoms with Gasteiger partial charge in [0, 0.05) is 76.5 Å². The zero-order chi connectivity index (χ0) is 29.5. The average molecular weight is 587 g/mol. The molecule has 0 aliphatic carbocycles. The van der Waals surface area contributed by atoms with Crippen LogP contribution < -0.4 is 4.74 Å². The molecule has 42 heavy (non-hydrogen) atoms. The van der Waals surface area contributed by atoms with Crippen LogP contribution in [0.3, 0.4) is 0 Å². The van der Waals surface area contributed by atoms with Crippen molar-refractivity contribution in [2.24, 2.45) is 0 Å². The van der Waals surface area contributed by atoms with E-state index in [4.69, 9.17) is 9.72 Å². The summed E-state index contributed by atoms with van der Waals surface area (Å²) in [6.07, 6.45) is 5.76. The molecule has 212 valence electrons. The highest BCUT2D eigenvalue weighted by atomic mass is 32.1. The fraction of sp³-hybridized carbons (Fsp3) is 0.188. The van der Waals surface area contributed by atoms with E-state index in [0.717, 1.165) is 29.6 Å². The number of carbonyl (C=O) groups excluding carboxylic acids is 1. The van der Waals surface area contributed by atoms with Crippen molar-refractivity contribution in [2.75, 3.05) is 6.54 Å². The Morgan fingerprint density at radius 3 is 2.62 bits per heavy atom. The molecule has 0 fully saturated rings. The minimum Gasteiger partial charge on any atom is -0.490 e. The van der Waals surface area contributed by atoms with Crippen LogP contribution in [0.4, 0.5) is 13.2 Å². The standard InChI is InChI=1S/C32H25F3N4O2S/c1-4-27(40)39-7-5-25-20(16-39)9-18(14-37-25)31-29(28-24(35)11-21(33)12-26(28)41-17(2)3)32-23(6-8-42-32)30(38-31)19-10-22(34)15-36-13-19/h4,6,8-15,17H,1,5,7,16H2,2-3H3. The predicted octanol–water partition coefficient (Wildman–Crippen LogP) is 7.36. The van der Waals surface area contributed by atoms with Gasteiger partial charge in [0.1, 0.15) is 23.2 Å². The summed E-state index contributed by atoms with van der Waals surface area (Å²) < 4.78 is 51.2. The van der Waals surface area contributed by atoms with Gasteiger partial charge in [-0.3, -0.25) is 14.8 Å². The number of amides is 1. The van der Waals surface area contributed by atoms with Gasteiger partial charge in [-0.15, -0.1) is 11.3 Å². The summed E-state index contributed by atoms with van der Waals surface area (Å²) in [6, 6.07) is 7.03. The smallest absolute Gasteiger partial charge is 0.246 e. The van der Waals surface area contributed by atoms with Gasteiger partial charge >= 0.3 is 0 Å². The lowest BCUT2D eigenvalue weighted by Gasteiger charge is -2.27. The number of carbonyl (C=O) groups is 1. The molecule has 0 saturated carbocycles. The van der Waals surface area contributed by atoms with Crippen LogP contribution in [0.15, 0.2) is 67.0 Å². The third-order valence-electron chi connectivity index (χ3n) is 7.02. The Bertz CT molecular complexity index is 1870. The van der Waals surface area contributed by atoms with Crippen molar-refractivity contribution in [1.29, 1.82) is 0 Å². The van der Waals surface area contributed by atoms with E-state index in [1.54, 1.807) is 24.9 Å². The van der Waals surface area contributed by atoms with Crippen LogP contribution in [-0.4, -0.2) is 38.4 Å². The van der Waals surface area contributed by atoms with Crippen molar-refractivity contribution >= 4 is 27.3 Å². The second kappa shape index (κ2) is 11.0. The highest BCUT2D eigenvalue weighted by Crippen LogP contribution is 2.47. The highest BCUT2D eigenvalue weighted by Gasteiger charge is 2.27. The van der Waals surface area contributed by atoms with Gasteiger partial charge in [-0.25, -0.2) is 18.2 Å². The summed E-state index contributed by atoms with van der Waals surface area (Å²) in [5, 5.41) is 2.49. The molecule has 0 radical (unpaired) electrons. The number of hydrogen-bond donors (Lipinski definition) is 0. The molecule has 0 unspecified atom stereocenters. The summed E-state index contributed by atoms with van der Waals surface area (Å²) in [7, 11) is 0. The zero-order valence-corrected chi connectivity index (χ0v) is 23.6. The normalized spacial score (nSPS) is 13.0. The van der Waals surface area contributed by atoms with Crippen molar-refractivity contribution in [2.45, 2.75) is 32.9 Å². The molecule has 0 atom stereocenters. The van der Waals surface area contributed by atoms with E-state index < -0.39 is 17.5 Å². The first-order valence-electron chi connectivity index (χ1n) is 13.3. The summed E-state index contributed by atoms with van der Waals surface area (Å²) in [6.45, 7) is 7.98. The maximum absolute atomic E-state index is 15.8. The number of benzene rings is 1. The molecular formula is C32H25F3N4O2S. The quantitative estimate of drug-likeness (QED) is 0.195. The van der Waals surface area contributed by atoms with Crippen molar-refractivity contribution < 1.29 is 22.7 Å². The summed E-state index contributed by atoms with van der Waals surface area (Å²) in [5.74, 6) is -2.25. The first kappa shape index (κ1) is 27.6. The lowest BCUT2D eigenvalue weighted by molar-refractivity contribution is -0.126. The Kier molecular flexibility index (Phi) is 7.24. The molecule has 6 nitrogen and oxygen atoms in total. The van der Waals surface area contributed by atoms with Crippen molar-refractivity contribution in [3.8, 4) is 39.4 Å². The fourth-order valence-corrected chi connectivity index (χ4v) is 6.19. The minimum absolute atomic E-state index is 0.0362. The lowest BCUT2D eigenvalue weighted by atomic mass is 9.94. The predicted molar refractivity (Wildman–Crippen MR) is 156 cm³/mol. The van der Waals surface area contributed by atoms with Crippen LogP contribution in [0.25, 0.3) is 43.7 Å². The Balaban J connectivity index is 1.66. The molecule has 1 aromatic carbocycles. The van der Waals surface area contributed by atoms with Gasteiger partial charge in [-0.05, 0) is 49.1 Å². The third-order valence-corrected chi connectivity index (χ3v) is 7.95. The van der Waals surface area contributed by atoms with Crippen LogP contribution in [0.1, 0.15) is 25.1 Å². The molecular weight excluding hydrogens is 561 g/mol. The van der Waals surface area contributed by atoms with Crippen LogP contribution in [-0.2, 0) is 17.8 Å². The zero-order valence-electron chi connectivity index (χ0n) is 22.8. The first-order chi connectivity index (χ1) is 20.2. The topological polar surface area (TPSA) is 68.2 Å². The number of rotatable bonds is 6. The van der Waals surface area contributed by atoms with Crippen LogP contribution >= 0.6 is 11.3 Å². The van der Waals surface area contributed by atoms with E-state index in [1.807, 2.05) is 17.5 Å². The molecule has 0 N–H and O–H groups in total. The highest BCUT2D eigenvalue weighted by molar-refractivity contribution is 7.18. The SMILES string of the molecule is C=CC(=O)N1CCc2ncc(-c3nc(-c4cncc(F)c4)c4ccsc4c3-c3c(F)cc(F)cc3OC(C)C)cc2C1. The number of ether oxygens (including phenoxy) is 1. The van der Waals surface area contributed by atoms with E-state index in [-0.39, 0.29) is 23.3 Å². The average Bonchev–Trinajstić information content (AvgIpc) is 3.45. The van der Waals surface area contributed by atoms with Crippen LogP contribution in [0.2, 0.25) is 0 Å². The summed E-state index contributed by atoms with van der Waals surface area (Å²) in [4.78, 5) is 27.7. The number of aromatic nitrogens is 3.